The Morgan fingerprint density at radius 2 is 2.47 bits per heavy atom. The van der Waals surface area contributed by atoms with E-state index in [1.165, 1.54) is 23.3 Å². The van der Waals surface area contributed by atoms with Crippen LogP contribution in [0.2, 0.25) is 0 Å². The quantitative estimate of drug-likeness (QED) is 0.801. The maximum atomic E-state index is 5.47. The SMILES string of the molecule is Nc1noc(C2CCCc3sccc32)n1. The molecule has 1 aliphatic carbocycles. The first kappa shape index (κ1) is 8.91. The molecule has 3 rings (SSSR count). The summed E-state index contributed by atoms with van der Waals surface area (Å²) < 4.78 is 5.15. The highest BCUT2D eigenvalue weighted by Crippen LogP contribution is 2.38. The molecular formula is C10H11N3OS. The van der Waals surface area contributed by atoms with Crippen LogP contribution in [-0.4, -0.2) is 10.1 Å². The Bertz CT molecular complexity index is 476. The molecule has 0 amide bonds. The summed E-state index contributed by atoms with van der Waals surface area (Å²) in [5.74, 6) is 1.14. The number of nitrogens with zero attached hydrogens (tertiary/aromatic N) is 2. The van der Waals surface area contributed by atoms with E-state index in [1.54, 1.807) is 0 Å². The Labute approximate surface area is 91.1 Å². The second kappa shape index (κ2) is 3.34. The lowest BCUT2D eigenvalue weighted by atomic mass is 9.88. The second-order valence-corrected chi connectivity index (χ2v) is 4.74. The van der Waals surface area contributed by atoms with E-state index in [9.17, 15) is 0 Å². The fourth-order valence-electron chi connectivity index (χ4n) is 2.13. The van der Waals surface area contributed by atoms with Crippen LogP contribution in [0.1, 0.15) is 35.1 Å². The number of hydrogen-bond donors (Lipinski definition) is 1. The predicted molar refractivity (Wildman–Crippen MR) is 57.8 cm³/mol. The lowest BCUT2D eigenvalue weighted by molar-refractivity contribution is 0.355. The first-order valence-electron chi connectivity index (χ1n) is 5.00. The molecule has 0 saturated carbocycles. The van der Waals surface area contributed by atoms with Crippen LogP contribution in [0.15, 0.2) is 16.0 Å². The van der Waals surface area contributed by atoms with Crippen molar-refractivity contribution < 1.29 is 4.52 Å². The van der Waals surface area contributed by atoms with Crippen LogP contribution in [0.5, 0.6) is 0 Å². The fourth-order valence-corrected chi connectivity index (χ4v) is 3.12. The largest absolute Gasteiger partial charge is 0.365 e. The molecule has 1 atom stereocenters. The molecule has 0 aliphatic heterocycles. The van der Waals surface area contributed by atoms with Gasteiger partial charge in [-0.1, -0.05) is 0 Å². The third-order valence-electron chi connectivity index (χ3n) is 2.81. The van der Waals surface area contributed by atoms with Crippen molar-refractivity contribution in [2.45, 2.75) is 25.2 Å². The van der Waals surface area contributed by atoms with E-state index in [0.717, 1.165) is 6.42 Å². The van der Waals surface area contributed by atoms with Gasteiger partial charge in [0.25, 0.3) is 5.95 Å². The molecule has 0 spiro atoms. The van der Waals surface area contributed by atoms with Crippen molar-refractivity contribution >= 4 is 17.3 Å². The summed E-state index contributed by atoms with van der Waals surface area (Å²) in [7, 11) is 0. The maximum Gasteiger partial charge on any atom is 0.260 e. The van der Waals surface area contributed by atoms with Crippen LogP contribution in [0.3, 0.4) is 0 Å². The first-order chi connectivity index (χ1) is 7.34. The number of aryl methyl sites for hydroxylation is 1. The smallest absolute Gasteiger partial charge is 0.260 e. The molecule has 0 saturated heterocycles. The zero-order valence-electron chi connectivity index (χ0n) is 8.14. The molecule has 0 aromatic carbocycles. The molecule has 78 valence electrons. The van der Waals surface area contributed by atoms with Gasteiger partial charge < -0.3 is 10.3 Å². The van der Waals surface area contributed by atoms with Gasteiger partial charge in [0.15, 0.2) is 0 Å². The van der Waals surface area contributed by atoms with Crippen LogP contribution in [0.25, 0.3) is 0 Å². The van der Waals surface area contributed by atoms with E-state index in [0.29, 0.717) is 5.89 Å². The molecule has 2 N–H and O–H groups in total. The normalized spacial score (nSPS) is 20.1. The predicted octanol–water partition coefficient (Wildman–Crippen LogP) is 2.18. The summed E-state index contributed by atoms with van der Waals surface area (Å²) >= 11 is 1.81. The third-order valence-corrected chi connectivity index (χ3v) is 3.80. The van der Waals surface area contributed by atoms with Crippen molar-refractivity contribution in [3.63, 3.8) is 0 Å². The lowest BCUT2D eigenvalue weighted by Crippen LogP contribution is -2.08. The van der Waals surface area contributed by atoms with E-state index < -0.39 is 0 Å². The summed E-state index contributed by atoms with van der Waals surface area (Å²) in [4.78, 5) is 5.56. The monoisotopic (exact) mass is 221 g/mol. The molecule has 1 aliphatic rings. The highest BCUT2D eigenvalue weighted by molar-refractivity contribution is 7.10. The Balaban J connectivity index is 2.02. The van der Waals surface area contributed by atoms with Crippen molar-refractivity contribution in [1.29, 1.82) is 0 Å². The van der Waals surface area contributed by atoms with Gasteiger partial charge in [-0.25, -0.2) is 0 Å². The maximum absolute atomic E-state index is 5.47. The summed E-state index contributed by atoms with van der Waals surface area (Å²) in [6, 6.07) is 2.16. The van der Waals surface area contributed by atoms with Crippen LogP contribution < -0.4 is 5.73 Å². The van der Waals surface area contributed by atoms with Crippen molar-refractivity contribution in [3.8, 4) is 0 Å². The molecule has 2 aromatic heterocycles. The Morgan fingerprint density at radius 1 is 1.53 bits per heavy atom. The molecule has 4 nitrogen and oxygen atoms in total. The van der Waals surface area contributed by atoms with E-state index in [2.05, 4.69) is 21.6 Å². The molecule has 2 aromatic rings. The van der Waals surface area contributed by atoms with Gasteiger partial charge in [-0.2, -0.15) is 4.98 Å². The zero-order valence-corrected chi connectivity index (χ0v) is 8.96. The molecule has 1 unspecified atom stereocenters. The molecule has 0 bridgehead atoms. The Morgan fingerprint density at radius 3 is 3.27 bits per heavy atom. The molecule has 0 fully saturated rings. The average Bonchev–Trinajstić information content (AvgIpc) is 2.84. The number of nitrogen functional groups attached to an aromatic ring is 1. The lowest BCUT2D eigenvalue weighted by Gasteiger charge is -2.18. The van der Waals surface area contributed by atoms with Gasteiger partial charge in [0.2, 0.25) is 5.89 Å². The van der Waals surface area contributed by atoms with Crippen LogP contribution >= 0.6 is 11.3 Å². The fraction of sp³-hybridized carbons (Fsp3) is 0.400. The van der Waals surface area contributed by atoms with E-state index in [4.69, 9.17) is 10.3 Å². The van der Waals surface area contributed by atoms with Crippen LogP contribution in [0, 0.1) is 0 Å². The highest BCUT2D eigenvalue weighted by atomic mass is 32.1. The Hall–Kier alpha value is -1.36. The highest BCUT2D eigenvalue weighted by Gasteiger charge is 2.26. The van der Waals surface area contributed by atoms with Crippen molar-refractivity contribution in [2.75, 3.05) is 5.73 Å². The number of anilines is 1. The van der Waals surface area contributed by atoms with Gasteiger partial charge in [0.1, 0.15) is 0 Å². The number of nitrogens with two attached hydrogens (primary N) is 1. The van der Waals surface area contributed by atoms with Crippen molar-refractivity contribution in [2.24, 2.45) is 0 Å². The van der Waals surface area contributed by atoms with E-state index in [1.807, 2.05) is 11.3 Å². The van der Waals surface area contributed by atoms with Crippen LogP contribution in [0.4, 0.5) is 5.95 Å². The summed E-state index contributed by atoms with van der Waals surface area (Å²) in [6.07, 6.45) is 3.43. The standard InChI is InChI=1S/C10H11N3OS/c11-10-12-9(14-13-10)7-2-1-3-8-6(7)4-5-15-8/h4-5,7H,1-3H2,(H2,11,13). The van der Waals surface area contributed by atoms with Gasteiger partial charge in [0.05, 0.1) is 5.92 Å². The van der Waals surface area contributed by atoms with E-state index >= 15 is 0 Å². The molecular weight excluding hydrogens is 210 g/mol. The average molecular weight is 221 g/mol. The van der Waals surface area contributed by atoms with E-state index in [-0.39, 0.29) is 11.9 Å². The van der Waals surface area contributed by atoms with Gasteiger partial charge in [-0.05, 0) is 41.4 Å². The van der Waals surface area contributed by atoms with Gasteiger partial charge in [-0.3, -0.25) is 0 Å². The third kappa shape index (κ3) is 1.43. The number of fused-ring (bicyclic) bond motifs is 1. The Kier molecular flexibility index (Phi) is 1.98. The summed E-state index contributed by atoms with van der Waals surface area (Å²) in [6.45, 7) is 0. The molecule has 15 heavy (non-hydrogen) atoms. The van der Waals surface area contributed by atoms with Crippen molar-refractivity contribution in [1.82, 2.24) is 10.1 Å². The van der Waals surface area contributed by atoms with Crippen molar-refractivity contribution in [3.05, 3.63) is 27.8 Å². The van der Waals surface area contributed by atoms with Gasteiger partial charge in [0, 0.05) is 4.88 Å². The van der Waals surface area contributed by atoms with Crippen LogP contribution in [-0.2, 0) is 6.42 Å². The molecule has 5 heteroatoms. The minimum Gasteiger partial charge on any atom is -0.365 e. The number of hydrogen-bond acceptors (Lipinski definition) is 5. The summed E-state index contributed by atoms with van der Waals surface area (Å²) in [5, 5.41) is 5.77. The number of thiophene rings is 1. The number of aromatic nitrogens is 2. The molecule has 2 heterocycles. The van der Waals surface area contributed by atoms with Gasteiger partial charge >= 0.3 is 0 Å². The second-order valence-electron chi connectivity index (χ2n) is 3.73. The zero-order chi connectivity index (χ0) is 10.3. The first-order valence-corrected chi connectivity index (χ1v) is 5.88. The molecule has 0 radical (unpaired) electrons. The topological polar surface area (TPSA) is 64.9 Å². The number of rotatable bonds is 1. The minimum atomic E-state index is 0.229. The minimum absolute atomic E-state index is 0.229. The van der Waals surface area contributed by atoms with Gasteiger partial charge in [-0.15, -0.1) is 11.3 Å². The summed E-state index contributed by atoms with van der Waals surface area (Å²) in [5.41, 5.74) is 6.81.